The Morgan fingerprint density at radius 2 is 1.94 bits per heavy atom. The molecule has 0 atom stereocenters. The fourth-order valence-corrected chi connectivity index (χ4v) is 1.25. The molecule has 0 fully saturated rings. The van der Waals surface area contributed by atoms with Gasteiger partial charge in [-0.1, -0.05) is 24.3 Å². The van der Waals surface area contributed by atoms with Crippen molar-refractivity contribution in [1.29, 1.82) is 0 Å². The lowest BCUT2D eigenvalue weighted by Crippen LogP contribution is -2.24. The average Bonchev–Trinajstić information content (AvgIpc) is 2.19. The van der Waals surface area contributed by atoms with E-state index in [-0.39, 0.29) is 5.70 Å². The Morgan fingerprint density at radius 3 is 2.44 bits per heavy atom. The monoisotopic (exact) mass is 219 g/mol. The van der Waals surface area contributed by atoms with Crippen LogP contribution in [-0.4, -0.2) is 17.0 Å². The highest BCUT2D eigenvalue weighted by Crippen LogP contribution is 2.11. The molecule has 0 aliphatic heterocycles. The number of benzene rings is 1. The highest BCUT2D eigenvalue weighted by molar-refractivity contribution is 5.96. The predicted molar refractivity (Wildman–Crippen MR) is 60.6 cm³/mol. The van der Waals surface area contributed by atoms with Crippen LogP contribution in [0.25, 0.3) is 6.08 Å². The van der Waals surface area contributed by atoms with Crippen LogP contribution in [0.5, 0.6) is 0 Å². The van der Waals surface area contributed by atoms with Crippen LogP contribution >= 0.6 is 0 Å². The Morgan fingerprint density at radius 1 is 1.31 bits per heavy atom. The van der Waals surface area contributed by atoms with E-state index in [0.717, 1.165) is 11.1 Å². The molecule has 0 aromatic heterocycles. The third kappa shape index (κ3) is 3.24. The number of carbonyl (C=O) groups excluding carboxylic acids is 1. The first-order valence-corrected chi connectivity index (χ1v) is 4.79. The Kier molecular flexibility index (Phi) is 3.83. The van der Waals surface area contributed by atoms with Gasteiger partial charge >= 0.3 is 5.97 Å². The number of carboxylic acid groups (broad SMARTS) is 1. The lowest BCUT2D eigenvalue weighted by atomic mass is 10.1. The van der Waals surface area contributed by atoms with Gasteiger partial charge in [0.15, 0.2) is 0 Å². The van der Waals surface area contributed by atoms with Crippen LogP contribution in [0.2, 0.25) is 0 Å². The number of amides is 1. The summed E-state index contributed by atoms with van der Waals surface area (Å²) in [6.07, 6.45) is 1.44. The number of aliphatic carboxylic acids is 1. The fraction of sp³-hybridized carbons (Fsp3) is 0.167. The van der Waals surface area contributed by atoms with Gasteiger partial charge in [-0.2, -0.15) is 0 Å². The molecule has 0 bridgehead atoms. The van der Waals surface area contributed by atoms with Crippen molar-refractivity contribution in [3.05, 3.63) is 41.1 Å². The van der Waals surface area contributed by atoms with Crippen molar-refractivity contribution in [3.63, 3.8) is 0 Å². The zero-order valence-corrected chi connectivity index (χ0v) is 9.15. The first kappa shape index (κ1) is 12.0. The van der Waals surface area contributed by atoms with Crippen LogP contribution in [0, 0.1) is 6.92 Å². The van der Waals surface area contributed by atoms with Gasteiger partial charge in [-0.05, 0) is 24.1 Å². The number of carbonyl (C=O) groups is 2. The molecule has 4 nitrogen and oxygen atoms in total. The largest absolute Gasteiger partial charge is 0.477 e. The Balaban J connectivity index is 3.07. The summed E-state index contributed by atoms with van der Waals surface area (Å²) in [6, 6.07) is 7.34. The second kappa shape index (κ2) is 5.11. The van der Waals surface area contributed by atoms with Crippen LogP contribution in [0.1, 0.15) is 18.1 Å². The molecule has 0 radical (unpaired) electrons. The number of rotatable bonds is 3. The van der Waals surface area contributed by atoms with Crippen molar-refractivity contribution in [3.8, 4) is 0 Å². The van der Waals surface area contributed by atoms with Gasteiger partial charge in [0.25, 0.3) is 0 Å². The second-order valence-electron chi connectivity index (χ2n) is 3.40. The van der Waals surface area contributed by atoms with E-state index in [1.54, 1.807) is 6.07 Å². The van der Waals surface area contributed by atoms with E-state index in [9.17, 15) is 9.59 Å². The first-order chi connectivity index (χ1) is 7.50. The van der Waals surface area contributed by atoms with Gasteiger partial charge in [-0.3, -0.25) is 4.79 Å². The number of aryl methyl sites for hydroxylation is 1. The van der Waals surface area contributed by atoms with E-state index in [0.29, 0.717) is 0 Å². The summed E-state index contributed by atoms with van der Waals surface area (Å²) < 4.78 is 0. The Labute approximate surface area is 93.6 Å². The van der Waals surface area contributed by atoms with Crippen molar-refractivity contribution in [1.82, 2.24) is 5.32 Å². The zero-order chi connectivity index (χ0) is 12.1. The molecule has 1 aromatic carbocycles. The average molecular weight is 219 g/mol. The third-order valence-corrected chi connectivity index (χ3v) is 2.03. The minimum Gasteiger partial charge on any atom is -0.477 e. The molecule has 0 heterocycles. The predicted octanol–water partition coefficient (Wildman–Crippen LogP) is 1.56. The molecule has 1 aromatic rings. The maximum Gasteiger partial charge on any atom is 0.352 e. The summed E-state index contributed by atoms with van der Waals surface area (Å²) in [5.74, 6) is -1.55. The van der Waals surface area contributed by atoms with Crippen molar-refractivity contribution in [2.75, 3.05) is 0 Å². The molecule has 0 saturated carbocycles. The SMILES string of the molecule is CC(=O)NC(=Cc1ccccc1C)C(=O)O. The summed E-state index contributed by atoms with van der Waals surface area (Å²) in [4.78, 5) is 21.7. The van der Waals surface area contributed by atoms with Gasteiger partial charge in [0, 0.05) is 6.92 Å². The Bertz CT molecular complexity index is 449. The third-order valence-electron chi connectivity index (χ3n) is 2.03. The van der Waals surface area contributed by atoms with E-state index in [4.69, 9.17) is 5.11 Å². The summed E-state index contributed by atoms with van der Waals surface area (Å²) in [5.41, 5.74) is 1.60. The molecular formula is C12H13NO3. The van der Waals surface area contributed by atoms with E-state index in [1.165, 1.54) is 13.0 Å². The van der Waals surface area contributed by atoms with Gasteiger partial charge in [0.2, 0.25) is 5.91 Å². The molecular weight excluding hydrogens is 206 g/mol. The van der Waals surface area contributed by atoms with Crippen LogP contribution in [0.15, 0.2) is 30.0 Å². The summed E-state index contributed by atoms with van der Waals surface area (Å²) in [6.45, 7) is 3.15. The maximum absolute atomic E-state index is 10.9. The van der Waals surface area contributed by atoms with Crippen molar-refractivity contribution >= 4 is 18.0 Å². The zero-order valence-electron chi connectivity index (χ0n) is 9.15. The highest BCUT2D eigenvalue weighted by atomic mass is 16.4. The molecule has 0 aliphatic rings. The molecule has 0 aliphatic carbocycles. The van der Waals surface area contributed by atoms with E-state index < -0.39 is 11.9 Å². The van der Waals surface area contributed by atoms with Gasteiger partial charge < -0.3 is 10.4 Å². The number of carboxylic acids is 1. The van der Waals surface area contributed by atoms with Gasteiger partial charge in [-0.15, -0.1) is 0 Å². The fourth-order valence-electron chi connectivity index (χ4n) is 1.25. The topological polar surface area (TPSA) is 66.4 Å². The summed E-state index contributed by atoms with van der Waals surface area (Å²) in [7, 11) is 0. The van der Waals surface area contributed by atoms with Gasteiger partial charge in [0.05, 0.1) is 0 Å². The maximum atomic E-state index is 10.9. The molecule has 16 heavy (non-hydrogen) atoms. The molecule has 84 valence electrons. The van der Waals surface area contributed by atoms with E-state index in [2.05, 4.69) is 5.32 Å². The minimum atomic E-state index is -1.15. The lowest BCUT2D eigenvalue weighted by Gasteiger charge is -2.04. The molecule has 0 unspecified atom stereocenters. The van der Waals surface area contributed by atoms with Crippen LogP contribution in [0.4, 0.5) is 0 Å². The molecule has 1 rings (SSSR count). The number of hydrogen-bond donors (Lipinski definition) is 2. The van der Waals surface area contributed by atoms with Crippen molar-refractivity contribution < 1.29 is 14.7 Å². The van der Waals surface area contributed by atoms with E-state index >= 15 is 0 Å². The van der Waals surface area contributed by atoms with Crippen LogP contribution < -0.4 is 5.32 Å². The lowest BCUT2D eigenvalue weighted by molar-refractivity contribution is -0.134. The van der Waals surface area contributed by atoms with Crippen LogP contribution in [0.3, 0.4) is 0 Å². The molecule has 1 amide bonds. The Hall–Kier alpha value is -2.10. The quantitative estimate of drug-likeness (QED) is 0.758. The van der Waals surface area contributed by atoms with Crippen molar-refractivity contribution in [2.45, 2.75) is 13.8 Å². The summed E-state index contributed by atoms with van der Waals surface area (Å²) >= 11 is 0. The molecule has 4 heteroatoms. The molecule has 0 spiro atoms. The summed E-state index contributed by atoms with van der Waals surface area (Å²) in [5, 5.41) is 11.2. The normalized spacial score (nSPS) is 11.0. The van der Waals surface area contributed by atoms with Gasteiger partial charge in [0.1, 0.15) is 5.70 Å². The minimum absolute atomic E-state index is 0.123. The molecule has 2 N–H and O–H groups in total. The van der Waals surface area contributed by atoms with Crippen LogP contribution in [-0.2, 0) is 9.59 Å². The number of nitrogens with one attached hydrogen (secondary N) is 1. The van der Waals surface area contributed by atoms with Gasteiger partial charge in [-0.25, -0.2) is 4.79 Å². The highest BCUT2D eigenvalue weighted by Gasteiger charge is 2.09. The van der Waals surface area contributed by atoms with Crippen molar-refractivity contribution in [2.24, 2.45) is 0 Å². The molecule has 0 saturated heterocycles. The second-order valence-corrected chi connectivity index (χ2v) is 3.40. The standard InChI is InChI=1S/C12H13NO3/c1-8-5-3-4-6-10(8)7-11(12(15)16)13-9(2)14/h3-7H,1-2H3,(H,13,14)(H,15,16). The van der Waals surface area contributed by atoms with E-state index in [1.807, 2.05) is 25.1 Å². The first-order valence-electron chi connectivity index (χ1n) is 4.79. The smallest absolute Gasteiger partial charge is 0.352 e. The number of hydrogen-bond acceptors (Lipinski definition) is 2.